The third-order valence-corrected chi connectivity index (χ3v) is 2.40. The van der Waals surface area contributed by atoms with Crippen LogP contribution in [-0.4, -0.2) is 5.78 Å². The molecule has 2 atom stereocenters. The normalized spacial score (nSPS) is 28.5. The van der Waals surface area contributed by atoms with Crippen LogP contribution in [0, 0.1) is 11.8 Å². The van der Waals surface area contributed by atoms with Gasteiger partial charge in [-0.1, -0.05) is 13.0 Å². The highest BCUT2D eigenvalue weighted by Crippen LogP contribution is 2.29. The summed E-state index contributed by atoms with van der Waals surface area (Å²) in [4.78, 5) is 10.8. The van der Waals surface area contributed by atoms with E-state index < -0.39 is 0 Å². The second kappa shape index (κ2) is 3.00. The molecule has 0 aromatic carbocycles. The fraction of sp³-hybridized carbons (Fsp3) is 0.667. The monoisotopic (exact) mass is 138 g/mol. The van der Waals surface area contributed by atoms with Crippen molar-refractivity contribution in [3.05, 3.63) is 12.7 Å². The van der Waals surface area contributed by atoms with Gasteiger partial charge in [-0.2, -0.15) is 0 Å². The Morgan fingerprint density at radius 1 is 1.80 bits per heavy atom. The molecule has 0 spiro atoms. The molecule has 1 fully saturated rings. The lowest BCUT2D eigenvalue weighted by atomic mass is 9.93. The molecule has 1 heteroatoms. The first-order valence-corrected chi connectivity index (χ1v) is 3.88. The van der Waals surface area contributed by atoms with Gasteiger partial charge in [-0.3, -0.25) is 4.79 Å². The van der Waals surface area contributed by atoms with Gasteiger partial charge in [0.05, 0.1) is 0 Å². The van der Waals surface area contributed by atoms with Crippen molar-refractivity contribution < 1.29 is 4.79 Å². The van der Waals surface area contributed by atoms with Crippen molar-refractivity contribution in [3.8, 4) is 0 Å². The Morgan fingerprint density at radius 2 is 2.50 bits per heavy atom. The molecule has 0 N–H and O–H groups in total. The van der Waals surface area contributed by atoms with Gasteiger partial charge in [0.25, 0.3) is 0 Å². The lowest BCUT2D eigenvalue weighted by Gasteiger charge is -2.11. The zero-order valence-corrected chi connectivity index (χ0v) is 6.47. The Kier molecular flexibility index (Phi) is 2.25. The van der Waals surface area contributed by atoms with E-state index in [0.29, 0.717) is 17.6 Å². The molecule has 1 aliphatic rings. The van der Waals surface area contributed by atoms with Crippen molar-refractivity contribution in [1.29, 1.82) is 0 Å². The molecule has 1 aliphatic carbocycles. The van der Waals surface area contributed by atoms with E-state index in [2.05, 4.69) is 13.5 Å². The molecule has 0 radical (unpaired) electrons. The summed E-state index contributed by atoms with van der Waals surface area (Å²) in [6.45, 7) is 5.85. The molecule has 0 amide bonds. The third kappa shape index (κ3) is 1.47. The van der Waals surface area contributed by atoms with Crippen LogP contribution in [0.15, 0.2) is 12.7 Å². The topological polar surface area (TPSA) is 17.1 Å². The predicted octanol–water partition coefficient (Wildman–Crippen LogP) is 2.18. The van der Waals surface area contributed by atoms with Crippen molar-refractivity contribution in [2.75, 3.05) is 0 Å². The predicted molar refractivity (Wildman–Crippen MR) is 41.7 cm³/mol. The van der Waals surface area contributed by atoms with Gasteiger partial charge in [0, 0.05) is 12.8 Å². The largest absolute Gasteiger partial charge is 0.300 e. The van der Waals surface area contributed by atoms with Crippen molar-refractivity contribution in [2.45, 2.75) is 26.2 Å². The number of carbonyl (C=O) groups is 1. The zero-order valence-electron chi connectivity index (χ0n) is 6.47. The first-order valence-electron chi connectivity index (χ1n) is 3.88. The van der Waals surface area contributed by atoms with E-state index in [9.17, 15) is 4.79 Å². The number of ketones is 1. The van der Waals surface area contributed by atoms with Crippen molar-refractivity contribution in [3.63, 3.8) is 0 Å². The van der Waals surface area contributed by atoms with E-state index in [4.69, 9.17) is 0 Å². The molecule has 0 aromatic heterocycles. The van der Waals surface area contributed by atoms with Gasteiger partial charge in [0.1, 0.15) is 5.78 Å². The van der Waals surface area contributed by atoms with E-state index >= 15 is 0 Å². The minimum atomic E-state index is 0.429. The molecule has 0 unspecified atom stereocenters. The summed E-state index contributed by atoms with van der Waals surface area (Å²) in [6.07, 6.45) is 4.60. The summed E-state index contributed by atoms with van der Waals surface area (Å²) in [7, 11) is 0. The molecule has 1 rings (SSSR count). The Labute approximate surface area is 62.1 Å². The summed E-state index contributed by atoms with van der Waals surface area (Å²) in [5.74, 6) is 1.54. The van der Waals surface area contributed by atoms with E-state index in [-0.39, 0.29) is 0 Å². The van der Waals surface area contributed by atoms with Gasteiger partial charge in [0.2, 0.25) is 0 Å². The van der Waals surface area contributed by atoms with E-state index in [1.165, 1.54) is 0 Å². The van der Waals surface area contributed by atoms with Crippen LogP contribution in [0.1, 0.15) is 26.2 Å². The van der Waals surface area contributed by atoms with Gasteiger partial charge in [-0.25, -0.2) is 0 Å². The summed E-state index contributed by atoms with van der Waals surface area (Å²) in [5.41, 5.74) is 0. The number of Topliss-reactive ketones (excluding diaryl/α,β-unsaturated/α-hetero) is 1. The van der Waals surface area contributed by atoms with Gasteiger partial charge in [-0.05, 0) is 18.3 Å². The van der Waals surface area contributed by atoms with Crippen molar-refractivity contribution in [2.24, 2.45) is 11.8 Å². The zero-order chi connectivity index (χ0) is 7.56. The van der Waals surface area contributed by atoms with Crippen molar-refractivity contribution >= 4 is 5.78 Å². The molecule has 10 heavy (non-hydrogen) atoms. The average molecular weight is 138 g/mol. The minimum absolute atomic E-state index is 0.429. The molecule has 56 valence electrons. The molecular formula is C9H14O. The smallest absolute Gasteiger partial charge is 0.133 e. The third-order valence-electron chi connectivity index (χ3n) is 2.40. The molecular weight excluding hydrogens is 124 g/mol. The Balaban J connectivity index is 2.43. The van der Waals surface area contributed by atoms with Gasteiger partial charge < -0.3 is 0 Å². The fourth-order valence-electron chi connectivity index (χ4n) is 1.48. The average Bonchev–Trinajstić information content (AvgIpc) is 2.34. The highest BCUT2D eigenvalue weighted by atomic mass is 16.1. The standard InChI is InChI=1S/C9H14O/c1-3-7(2)8-4-5-9(10)6-8/h3,7-8H,1,4-6H2,2H3/t7-,8+/m0/s1. The molecule has 0 aromatic rings. The van der Waals surface area contributed by atoms with E-state index in [1.807, 2.05) is 6.08 Å². The maximum Gasteiger partial charge on any atom is 0.133 e. The molecule has 0 heterocycles. The van der Waals surface area contributed by atoms with E-state index in [0.717, 1.165) is 19.3 Å². The first kappa shape index (κ1) is 7.52. The number of allylic oxidation sites excluding steroid dienone is 1. The molecule has 0 aliphatic heterocycles. The molecule has 0 bridgehead atoms. The van der Waals surface area contributed by atoms with Gasteiger partial charge in [0.15, 0.2) is 0 Å². The second-order valence-corrected chi connectivity index (χ2v) is 3.14. The highest BCUT2D eigenvalue weighted by molar-refractivity contribution is 5.80. The quantitative estimate of drug-likeness (QED) is 0.534. The minimum Gasteiger partial charge on any atom is -0.300 e. The van der Waals surface area contributed by atoms with Crippen LogP contribution in [-0.2, 0) is 4.79 Å². The summed E-state index contributed by atoms with van der Waals surface area (Å²) >= 11 is 0. The fourth-order valence-corrected chi connectivity index (χ4v) is 1.48. The van der Waals surface area contributed by atoms with Gasteiger partial charge >= 0.3 is 0 Å². The molecule has 1 saturated carbocycles. The van der Waals surface area contributed by atoms with Crippen LogP contribution in [0.2, 0.25) is 0 Å². The van der Waals surface area contributed by atoms with Crippen LogP contribution in [0.3, 0.4) is 0 Å². The Morgan fingerprint density at radius 3 is 2.90 bits per heavy atom. The number of hydrogen-bond acceptors (Lipinski definition) is 1. The Hall–Kier alpha value is -0.590. The number of hydrogen-bond donors (Lipinski definition) is 0. The summed E-state index contributed by atoms with van der Waals surface area (Å²) in [5, 5.41) is 0. The number of carbonyl (C=O) groups excluding carboxylic acids is 1. The lowest BCUT2D eigenvalue weighted by molar-refractivity contribution is -0.117. The first-order chi connectivity index (χ1) is 4.74. The molecule has 0 saturated heterocycles. The van der Waals surface area contributed by atoms with E-state index in [1.54, 1.807) is 0 Å². The summed E-state index contributed by atoms with van der Waals surface area (Å²) < 4.78 is 0. The van der Waals surface area contributed by atoms with Gasteiger partial charge in [-0.15, -0.1) is 6.58 Å². The van der Waals surface area contributed by atoms with Crippen molar-refractivity contribution in [1.82, 2.24) is 0 Å². The highest BCUT2D eigenvalue weighted by Gasteiger charge is 2.24. The lowest BCUT2D eigenvalue weighted by Crippen LogP contribution is -2.04. The summed E-state index contributed by atoms with van der Waals surface area (Å²) in [6, 6.07) is 0. The SMILES string of the molecule is C=C[C@H](C)[C@@H]1CCC(=O)C1. The second-order valence-electron chi connectivity index (χ2n) is 3.14. The molecule has 1 nitrogen and oxygen atoms in total. The van der Waals surface area contributed by atoms with Crippen LogP contribution < -0.4 is 0 Å². The number of rotatable bonds is 2. The van der Waals surface area contributed by atoms with Crippen LogP contribution in [0.4, 0.5) is 0 Å². The van der Waals surface area contributed by atoms with Crippen LogP contribution in [0.25, 0.3) is 0 Å². The maximum atomic E-state index is 10.8. The van der Waals surface area contributed by atoms with Crippen LogP contribution >= 0.6 is 0 Å². The van der Waals surface area contributed by atoms with Crippen LogP contribution in [0.5, 0.6) is 0 Å². The maximum absolute atomic E-state index is 10.8. The Bertz CT molecular complexity index is 149.